The highest BCUT2D eigenvalue weighted by atomic mass is 32.2. The highest BCUT2D eigenvalue weighted by Crippen LogP contribution is 2.21. The molecule has 1 aromatic carbocycles. The van der Waals surface area contributed by atoms with Gasteiger partial charge in [0.2, 0.25) is 15.9 Å². The Hall–Kier alpha value is -1.44. The molecule has 0 unspecified atom stereocenters. The number of carbonyl (C=O) groups excluding carboxylic acids is 1. The molecule has 20 heavy (non-hydrogen) atoms. The van der Waals surface area contributed by atoms with E-state index in [0.717, 1.165) is 13.0 Å². The van der Waals surface area contributed by atoms with Crippen LogP contribution in [0.4, 0.5) is 0 Å². The van der Waals surface area contributed by atoms with Crippen LogP contribution in [-0.2, 0) is 10.0 Å². The minimum absolute atomic E-state index is 0.0571. The van der Waals surface area contributed by atoms with Crippen molar-refractivity contribution in [2.75, 3.05) is 20.1 Å². The maximum atomic E-state index is 12.6. The number of hydrogen-bond donors (Lipinski definition) is 2. The molecule has 7 heteroatoms. The topological polar surface area (TPSA) is 92.5 Å². The van der Waals surface area contributed by atoms with Crippen LogP contribution < -0.4 is 11.1 Å². The maximum absolute atomic E-state index is 12.6. The summed E-state index contributed by atoms with van der Waals surface area (Å²) >= 11 is 0. The van der Waals surface area contributed by atoms with E-state index in [1.54, 1.807) is 20.0 Å². The zero-order chi connectivity index (χ0) is 14.9. The molecule has 1 saturated heterocycles. The third-order valence-corrected chi connectivity index (χ3v) is 5.61. The van der Waals surface area contributed by atoms with Crippen molar-refractivity contribution in [1.82, 2.24) is 9.62 Å². The van der Waals surface area contributed by atoms with Gasteiger partial charge >= 0.3 is 0 Å². The molecular formula is C13H19N3O3S. The standard InChI is InChI=1S/C13H19N3O3S/c1-9-3-4-11(7-12(9)13(14)17)20(18,19)16(2)10-5-6-15-8-10/h3-4,7,10,15H,5-6,8H2,1-2H3,(H2,14,17)/t10-/m0/s1. The molecule has 3 N–H and O–H groups in total. The lowest BCUT2D eigenvalue weighted by Crippen LogP contribution is -2.38. The molecule has 1 aromatic rings. The van der Waals surface area contributed by atoms with Crippen molar-refractivity contribution in [3.8, 4) is 0 Å². The van der Waals surface area contributed by atoms with Gasteiger partial charge in [-0.3, -0.25) is 4.79 Å². The molecule has 0 aliphatic carbocycles. The molecule has 1 heterocycles. The second-order valence-electron chi connectivity index (χ2n) is 5.01. The Kier molecular flexibility index (Phi) is 4.12. The minimum atomic E-state index is -3.61. The van der Waals surface area contributed by atoms with Gasteiger partial charge < -0.3 is 11.1 Å². The van der Waals surface area contributed by atoms with E-state index in [2.05, 4.69) is 5.32 Å². The van der Waals surface area contributed by atoms with Gasteiger partial charge in [0.1, 0.15) is 0 Å². The first-order valence-corrected chi connectivity index (χ1v) is 7.87. The van der Waals surface area contributed by atoms with Crippen LogP contribution in [0, 0.1) is 6.92 Å². The fourth-order valence-corrected chi connectivity index (χ4v) is 3.75. The fraction of sp³-hybridized carbons (Fsp3) is 0.462. The van der Waals surface area contributed by atoms with E-state index >= 15 is 0 Å². The lowest BCUT2D eigenvalue weighted by Gasteiger charge is -2.23. The SMILES string of the molecule is Cc1ccc(S(=O)(=O)N(C)[C@H]2CCNC2)cc1C(N)=O. The smallest absolute Gasteiger partial charge is 0.249 e. The fourth-order valence-electron chi connectivity index (χ4n) is 2.34. The molecule has 1 atom stereocenters. The monoisotopic (exact) mass is 297 g/mol. The zero-order valence-corrected chi connectivity index (χ0v) is 12.4. The largest absolute Gasteiger partial charge is 0.366 e. The van der Waals surface area contributed by atoms with Crippen LogP contribution in [0.15, 0.2) is 23.1 Å². The van der Waals surface area contributed by atoms with Crippen molar-refractivity contribution in [1.29, 1.82) is 0 Å². The summed E-state index contributed by atoms with van der Waals surface area (Å²) in [7, 11) is -2.04. The molecule has 2 rings (SSSR count). The first-order chi connectivity index (χ1) is 9.34. The predicted octanol–water partition coefficient (Wildman–Crippen LogP) is 0.0763. The van der Waals surface area contributed by atoms with Gasteiger partial charge in [-0.05, 0) is 37.6 Å². The number of primary amides is 1. The number of carbonyl (C=O) groups is 1. The van der Waals surface area contributed by atoms with Crippen molar-refractivity contribution >= 4 is 15.9 Å². The summed E-state index contributed by atoms with van der Waals surface area (Å²) in [6.45, 7) is 3.18. The van der Waals surface area contributed by atoms with Crippen LogP contribution in [-0.4, -0.2) is 44.8 Å². The lowest BCUT2D eigenvalue weighted by molar-refractivity contribution is 0.0999. The zero-order valence-electron chi connectivity index (χ0n) is 11.6. The van der Waals surface area contributed by atoms with Crippen LogP contribution >= 0.6 is 0 Å². The summed E-state index contributed by atoms with van der Waals surface area (Å²) in [5, 5.41) is 3.14. The van der Waals surface area contributed by atoms with E-state index in [9.17, 15) is 13.2 Å². The third kappa shape index (κ3) is 2.70. The molecule has 0 radical (unpaired) electrons. The molecule has 1 amide bonds. The lowest BCUT2D eigenvalue weighted by atomic mass is 10.1. The molecule has 1 aliphatic rings. The van der Waals surface area contributed by atoms with E-state index < -0.39 is 15.9 Å². The van der Waals surface area contributed by atoms with Gasteiger partial charge in [-0.2, -0.15) is 4.31 Å². The number of nitrogens with zero attached hydrogens (tertiary/aromatic N) is 1. The number of benzene rings is 1. The summed E-state index contributed by atoms with van der Waals surface area (Å²) in [4.78, 5) is 11.4. The van der Waals surface area contributed by atoms with Crippen molar-refractivity contribution in [3.05, 3.63) is 29.3 Å². The molecule has 0 saturated carbocycles. The first kappa shape index (κ1) is 15.0. The second-order valence-corrected chi connectivity index (χ2v) is 7.01. The van der Waals surface area contributed by atoms with Gasteiger partial charge in [0.05, 0.1) is 4.90 Å². The highest BCUT2D eigenvalue weighted by Gasteiger charge is 2.30. The Morgan fingerprint density at radius 1 is 1.45 bits per heavy atom. The van der Waals surface area contributed by atoms with E-state index in [1.165, 1.54) is 16.4 Å². The normalized spacial score (nSPS) is 19.4. The van der Waals surface area contributed by atoms with E-state index in [0.29, 0.717) is 12.1 Å². The van der Waals surface area contributed by atoms with Gasteiger partial charge in [0, 0.05) is 25.2 Å². The van der Waals surface area contributed by atoms with Gasteiger partial charge in [0.25, 0.3) is 0 Å². The van der Waals surface area contributed by atoms with Gasteiger partial charge in [-0.1, -0.05) is 6.07 Å². The average Bonchev–Trinajstić information content (AvgIpc) is 2.91. The van der Waals surface area contributed by atoms with E-state index in [4.69, 9.17) is 5.73 Å². The number of sulfonamides is 1. The van der Waals surface area contributed by atoms with Crippen LogP contribution in [0.25, 0.3) is 0 Å². The average molecular weight is 297 g/mol. The number of aryl methyl sites for hydroxylation is 1. The summed E-state index contributed by atoms with van der Waals surface area (Å²) in [5.74, 6) is -0.621. The summed E-state index contributed by atoms with van der Waals surface area (Å²) in [6.07, 6.45) is 0.782. The minimum Gasteiger partial charge on any atom is -0.366 e. The summed E-state index contributed by atoms with van der Waals surface area (Å²) in [5.41, 5.74) is 6.18. The predicted molar refractivity (Wildman–Crippen MR) is 75.9 cm³/mol. The number of hydrogen-bond acceptors (Lipinski definition) is 4. The maximum Gasteiger partial charge on any atom is 0.249 e. The molecule has 6 nitrogen and oxygen atoms in total. The number of likely N-dealkylation sites (N-methyl/N-ethyl adjacent to an activating group) is 1. The number of amides is 1. The Morgan fingerprint density at radius 2 is 2.15 bits per heavy atom. The molecule has 0 aromatic heterocycles. The number of rotatable bonds is 4. The van der Waals surface area contributed by atoms with Crippen molar-refractivity contribution in [2.24, 2.45) is 5.73 Å². The van der Waals surface area contributed by atoms with E-state index in [-0.39, 0.29) is 16.5 Å². The molecule has 110 valence electrons. The Morgan fingerprint density at radius 3 is 2.70 bits per heavy atom. The molecule has 1 fully saturated rings. The highest BCUT2D eigenvalue weighted by molar-refractivity contribution is 7.89. The van der Waals surface area contributed by atoms with Crippen LogP contribution in [0.3, 0.4) is 0 Å². The third-order valence-electron chi connectivity index (χ3n) is 3.70. The Labute approximate surface area is 119 Å². The van der Waals surface area contributed by atoms with Crippen molar-refractivity contribution < 1.29 is 13.2 Å². The Balaban J connectivity index is 2.38. The first-order valence-electron chi connectivity index (χ1n) is 6.43. The second kappa shape index (κ2) is 5.51. The van der Waals surface area contributed by atoms with E-state index in [1.807, 2.05) is 0 Å². The Bertz CT molecular complexity index is 622. The molecule has 0 bridgehead atoms. The van der Waals surface area contributed by atoms with Crippen LogP contribution in [0.5, 0.6) is 0 Å². The molecular weight excluding hydrogens is 278 g/mol. The van der Waals surface area contributed by atoms with Gasteiger partial charge in [-0.15, -0.1) is 0 Å². The van der Waals surface area contributed by atoms with Crippen LogP contribution in [0.1, 0.15) is 22.3 Å². The van der Waals surface area contributed by atoms with Gasteiger partial charge in [-0.25, -0.2) is 8.42 Å². The summed E-state index contributed by atoms with van der Waals surface area (Å²) < 4.78 is 26.5. The van der Waals surface area contributed by atoms with Crippen molar-refractivity contribution in [2.45, 2.75) is 24.3 Å². The van der Waals surface area contributed by atoms with Gasteiger partial charge in [0.15, 0.2) is 0 Å². The van der Waals surface area contributed by atoms with Crippen LogP contribution in [0.2, 0.25) is 0 Å². The quantitative estimate of drug-likeness (QED) is 0.823. The number of nitrogens with two attached hydrogens (primary N) is 1. The van der Waals surface area contributed by atoms with Crippen molar-refractivity contribution in [3.63, 3.8) is 0 Å². The summed E-state index contributed by atoms with van der Waals surface area (Å²) in [6, 6.07) is 4.41. The molecule has 0 spiro atoms. The number of nitrogens with one attached hydrogen (secondary N) is 1. The molecule has 1 aliphatic heterocycles.